The third-order valence-corrected chi connectivity index (χ3v) is 2.78. The number of aromatic hydroxyl groups is 1. The molecular weight excluding hydrogens is 180 g/mol. The van der Waals surface area contributed by atoms with Gasteiger partial charge in [0.05, 0.1) is 7.11 Å². The van der Waals surface area contributed by atoms with E-state index in [2.05, 4.69) is 0 Å². The average Bonchev–Trinajstić information content (AvgIpc) is 2.78. The number of methoxy groups -OCH3 is 1. The standard InChI is InChI=1S/C11H10O3/c1-13-9-3-2-6-7-4-5-8(14-7)10(6)11(9)12/h2-5,7-8,12H,1H3. The van der Waals surface area contributed by atoms with E-state index in [1.54, 1.807) is 13.2 Å². The van der Waals surface area contributed by atoms with E-state index in [-0.39, 0.29) is 18.0 Å². The molecule has 2 atom stereocenters. The highest BCUT2D eigenvalue weighted by Gasteiger charge is 2.36. The van der Waals surface area contributed by atoms with Gasteiger partial charge in [-0.05, 0) is 11.6 Å². The number of phenolic OH excluding ortho intramolecular Hbond substituents is 1. The SMILES string of the molecule is COc1ccc2c(c1O)C1C=CC2O1. The largest absolute Gasteiger partial charge is 0.504 e. The normalized spacial score (nSPS) is 26.6. The van der Waals surface area contributed by atoms with Crippen molar-refractivity contribution in [2.45, 2.75) is 12.2 Å². The molecule has 0 amide bonds. The fraction of sp³-hybridized carbons (Fsp3) is 0.273. The zero-order valence-electron chi connectivity index (χ0n) is 7.73. The fourth-order valence-corrected chi connectivity index (χ4v) is 2.11. The van der Waals surface area contributed by atoms with E-state index in [4.69, 9.17) is 9.47 Å². The molecule has 14 heavy (non-hydrogen) atoms. The van der Waals surface area contributed by atoms with E-state index < -0.39 is 0 Å². The molecule has 0 saturated carbocycles. The monoisotopic (exact) mass is 190 g/mol. The van der Waals surface area contributed by atoms with Crippen LogP contribution in [0.1, 0.15) is 23.3 Å². The van der Waals surface area contributed by atoms with E-state index >= 15 is 0 Å². The van der Waals surface area contributed by atoms with Gasteiger partial charge in [-0.1, -0.05) is 18.2 Å². The highest BCUT2D eigenvalue weighted by Crippen LogP contribution is 2.51. The number of phenols is 1. The van der Waals surface area contributed by atoms with Crippen LogP contribution in [0.5, 0.6) is 11.5 Å². The Kier molecular flexibility index (Phi) is 1.42. The van der Waals surface area contributed by atoms with Crippen LogP contribution in [0.25, 0.3) is 0 Å². The molecule has 2 heterocycles. The molecule has 0 saturated heterocycles. The number of hydrogen-bond donors (Lipinski definition) is 1. The average molecular weight is 190 g/mol. The van der Waals surface area contributed by atoms with E-state index in [1.165, 1.54) is 0 Å². The number of fused-ring (bicyclic) bond motifs is 5. The quantitative estimate of drug-likeness (QED) is 0.689. The van der Waals surface area contributed by atoms with Crippen molar-refractivity contribution in [2.75, 3.05) is 7.11 Å². The van der Waals surface area contributed by atoms with E-state index in [1.807, 2.05) is 18.2 Å². The van der Waals surface area contributed by atoms with Crippen molar-refractivity contribution in [3.8, 4) is 11.5 Å². The molecule has 0 spiro atoms. The maximum Gasteiger partial charge on any atom is 0.164 e. The summed E-state index contributed by atoms with van der Waals surface area (Å²) in [5.74, 6) is 0.718. The second-order valence-corrected chi connectivity index (χ2v) is 3.48. The van der Waals surface area contributed by atoms with Crippen molar-refractivity contribution in [3.63, 3.8) is 0 Å². The lowest BCUT2D eigenvalue weighted by Crippen LogP contribution is -1.95. The highest BCUT2D eigenvalue weighted by atomic mass is 16.5. The van der Waals surface area contributed by atoms with Crippen molar-refractivity contribution in [1.82, 2.24) is 0 Å². The van der Waals surface area contributed by atoms with E-state index in [9.17, 15) is 5.11 Å². The van der Waals surface area contributed by atoms with Crippen LogP contribution in [0.15, 0.2) is 24.3 Å². The Balaban J connectivity index is 2.22. The van der Waals surface area contributed by atoms with Crippen molar-refractivity contribution in [1.29, 1.82) is 0 Å². The lowest BCUT2D eigenvalue weighted by atomic mass is 9.96. The molecule has 72 valence electrons. The van der Waals surface area contributed by atoms with Gasteiger partial charge in [0.25, 0.3) is 0 Å². The zero-order chi connectivity index (χ0) is 9.71. The molecule has 0 aromatic heterocycles. The minimum absolute atomic E-state index is 0.0202. The van der Waals surface area contributed by atoms with Gasteiger partial charge in [-0.25, -0.2) is 0 Å². The Morgan fingerprint density at radius 2 is 2.07 bits per heavy atom. The first-order valence-electron chi connectivity index (χ1n) is 4.55. The summed E-state index contributed by atoms with van der Waals surface area (Å²) in [5.41, 5.74) is 1.91. The highest BCUT2D eigenvalue weighted by molar-refractivity contribution is 5.56. The molecule has 2 aliphatic rings. The predicted molar refractivity (Wildman–Crippen MR) is 50.4 cm³/mol. The van der Waals surface area contributed by atoms with Crippen LogP contribution in [0, 0.1) is 0 Å². The van der Waals surface area contributed by atoms with Crippen LogP contribution < -0.4 is 4.74 Å². The summed E-state index contributed by atoms with van der Waals surface area (Å²) < 4.78 is 10.6. The fourth-order valence-electron chi connectivity index (χ4n) is 2.11. The van der Waals surface area contributed by atoms with Crippen molar-refractivity contribution < 1.29 is 14.6 Å². The first-order valence-corrected chi connectivity index (χ1v) is 4.55. The molecule has 2 unspecified atom stereocenters. The summed E-state index contributed by atoms with van der Waals surface area (Å²) in [5, 5.41) is 9.89. The van der Waals surface area contributed by atoms with Crippen molar-refractivity contribution in [3.05, 3.63) is 35.4 Å². The third-order valence-electron chi connectivity index (χ3n) is 2.78. The van der Waals surface area contributed by atoms with Crippen molar-refractivity contribution in [2.24, 2.45) is 0 Å². The van der Waals surface area contributed by atoms with E-state index in [0.29, 0.717) is 5.75 Å². The Bertz CT molecular complexity index is 423. The van der Waals surface area contributed by atoms with Gasteiger partial charge in [-0.3, -0.25) is 0 Å². The summed E-state index contributed by atoms with van der Waals surface area (Å²) in [7, 11) is 1.55. The molecule has 2 aliphatic heterocycles. The lowest BCUT2D eigenvalue weighted by molar-refractivity contribution is 0.0869. The van der Waals surface area contributed by atoms with Crippen LogP contribution in [-0.2, 0) is 4.74 Å². The van der Waals surface area contributed by atoms with Crippen LogP contribution in [0.4, 0.5) is 0 Å². The zero-order valence-corrected chi connectivity index (χ0v) is 7.73. The van der Waals surface area contributed by atoms with Crippen LogP contribution in [0.3, 0.4) is 0 Å². The number of rotatable bonds is 1. The third kappa shape index (κ3) is 0.800. The second-order valence-electron chi connectivity index (χ2n) is 3.48. The Hall–Kier alpha value is -1.48. The Morgan fingerprint density at radius 1 is 1.29 bits per heavy atom. The molecule has 3 rings (SSSR count). The predicted octanol–water partition coefficient (Wildman–Crippen LogP) is 2.08. The molecular formula is C11H10O3. The molecule has 1 aromatic rings. The molecule has 1 N–H and O–H groups in total. The maximum atomic E-state index is 9.89. The van der Waals surface area contributed by atoms with Crippen molar-refractivity contribution >= 4 is 0 Å². The topological polar surface area (TPSA) is 38.7 Å². The number of hydrogen-bond acceptors (Lipinski definition) is 3. The van der Waals surface area contributed by atoms with Gasteiger partial charge in [0.15, 0.2) is 11.5 Å². The van der Waals surface area contributed by atoms with Crippen LogP contribution >= 0.6 is 0 Å². The van der Waals surface area contributed by atoms with Gasteiger partial charge in [0.1, 0.15) is 12.2 Å². The molecule has 0 fully saturated rings. The summed E-state index contributed by atoms with van der Waals surface area (Å²) in [6.07, 6.45) is 3.90. The first-order chi connectivity index (χ1) is 6.81. The molecule has 2 bridgehead atoms. The van der Waals surface area contributed by atoms with Gasteiger partial charge < -0.3 is 14.6 Å². The summed E-state index contributed by atoms with van der Waals surface area (Å²) >= 11 is 0. The molecule has 0 aliphatic carbocycles. The molecule has 1 aromatic carbocycles. The van der Waals surface area contributed by atoms with Gasteiger partial charge in [-0.2, -0.15) is 0 Å². The number of benzene rings is 1. The van der Waals surface area contributed by atoms with Crippen LogP contribution in [0.2, 0.25) is 0 Å². The minimum atomic E-state index is -0.0925. The smallest absolute Gasteiger partial charge is 0.164 e. The Morgan fingerprint density at radius 3 is 2.86 bits per heavy atom. The minimum Gasteiger partial charge on any atom is -0.504 e. The summed E-state index contributed by atoms with van der Waals surface area (Å²) in [4.78, 5) is 0. The molecule has 3 nitrogen and oxygen atoms in total. The second kappa shape index (κ2) is 2.51. The number of ether oxygens (including phenoxy) is 2. The summed E-state index contributed by atoms with van der Waals surface area (Å²) in [6.45, 7) is 0. The van der Waals surface area contributed by atoms with E-state index in [0.717, 1.165) is 11.1 Å². The Labute approximate surface area is 81.6 Å². The van der Waals surface area contributed by atoms with Gasteiger partial charge in [-0.15, -0.1) is 0 Å². The first kappa shape index (κ1) is 7.88. The van der Waals surface area contributed by atoms with Gasteiger partial charge in [0, 0.05) is 5.56 Å². The molecule has 3 heteroatoms. The summed E-state index contributed by atoms with van der Waals surface area (Å²) in [6, 6.07) is 3.72. The van der Waals surface area contributed by atoms with Gasteiger partial charge in [0.2, 0.25) is 0 Å². The van der Waals surface area contributed by atoms with Crippen LogP contribution in [-0.4, -0.2) is 12.2 Å². The van der Waals surface area contributed by atoms with Gasteiger partial charge >= 0.3 is 0 Å². The maximum absolute atomic E-state index is 9.89. The lowest BCUT2D eigenvalue weighted by Gasteiger charge is -2.11. The molecule has 0 radical (unpaired) electrons.